The predicted molar refractivity (Wildman–Crippen MR) is 127 cm³/mol. The van der Waals surface area contributed by atoms with Crippen molar-refractivity contribution in [2.75, 3.05) is 49.2 Å². The standard InChI is InChI=1S/C27H28N4O3/c28-15-19-2-1-3-22(12-19)30-17-21(14-25(30)32)26(33)31-18-27(6-7-27)23-13-20(4-5-24(23)31)16-29-8-10-34-11-9-29/h1-5,12-13,21H,6-11,14,16-18H2/t21-/m0/s1. The number of nitrogens with zero attached hydrogens (tertiary/aromatic N) is 4. The van der Waals surface area contributed by atoms with Gasteiger partial charge in [-0.05, 0) is 48.2 Å². The molecule has 0 bridgehead atoms. The van der Waals surface area contributed by atoms with E-state index in [1.807, 2.05) is 11.0 Å². The van der Waals surface area contributed by atoms with E-state index in [9.17, 15) is 14.9 Å². The summed E-state index contributed by atoms with van der Waals surface area (Å²) in [5, 5.41) is 9.19. The van der Waals surface area contributed by atoms with Crippen molar-refractivity contribution in [1.82, 2.24) is 4.90 Å². The van der Waals surface area contributed by atoms with Crippen molar-refractivity contribution in [2.24, 2.45) is 5.92 Å². The van der Waals surface area contributed by atoms with Crippen molar-refractivity contribution in [1.29, 1.82) is 5.26 Å². The zero-order chi connectivity index (χ0) is 23.3. The van der Waals surface area contributed by atoms with Gasteiger partial charge in [-0.25, -0.2) is 0 Å². The highest BCUT2D eigenvalue weighted by Crippen LogP contribution is 2.57. The highest BCUT2D eigenvalue weighted by Gasteiger charge is 2.54. The lowest BCUT2D eigenvalue weighted by Crippen LogP contribution is -2.37. The van der Waals surface area contributed by atoms with Gasteiger partial charge in [0.25, 0.3) is 0 Å². The van der Waals surface area contributed by atoms with E-state index in [0.717, 1.165) is 57.9 Å². The predicted octanol–water partition coefficient (Wildman–Crippen LogP) is 2.82. The summed E-state index contributed by atoms with van der Waals surface area (Å²) in [6.45, 7) is 5.47. The van der Waals surface area contributed by atoms with E-state index in [1.54, 1.807) is 23.1 Å². The molecule has 3 heterocycles. The molecule has 2 aromatic rings. The summed E-state index contributed by atoms with van der Waals surface area (Å²) < 4.78 is 5.47. The Bertz CT molecular complexity index is 1190. The zero-order valence-corrected chi connectivity index (χ0v) is 19.2. The number of anilines is 2. The van der Waals surface area contributed by atoms with Crippen LogP contribution in [0.1, 0.15) is 36.0 Å². The SMILES string of the molecule is N#Cc1cccc(N2C[C@@H](C(=O)N3CC4(CC4)c4cc(CN5CCOCC5)ccc43)CC2=O)c1. The molecule has 174 valence electrons. The molecule has 7 nitrogen and oxygen atoms in total. The van der Waals surface area contributed by atoms with Crippen molar-refractivity contribution >= 4 is 23.2 Å². The van der Waals surface area contributed by atoms with E-state index < -0.39 is 0 Å². The summed E-state index contributed by atoms with van der Waals surface area (Å²) in [5.41, 5.74) is 4.90. The molecule has 1 spiro atoms. The second kappa shape index (κ2) is 8.23. The maximum absolute atomic E-state index is 13.6. The quantitative estimate of drug-likeness (QED) is 0.707. The average molecular weight is 457 g/mol. The zero-order valence-electron chi connectivity index (χ0n) is 19.2. The van der Waals surface area contributed by atoms with Gasteiger partial charge >= 0.3 is 0 Å². The van der Waals surface area contributed by atoms with Crippen molar-refractivity contribution in [3.63, 3.8) is 0 Å². The van der Waals surface area contributed by atoms with Crippen molar-refractivity contribution in [3.05, 3.63) is 59.2 Å². The molecule has 1 saturated carbocycles. The summed E-state index contributed by atoms with van der Waals surface area (Å²) >= 11 is 0. The van der Waals surface area contributed by atoms with Crippen LogP contribution in [0, 0.1) is 17.2 Å². The lowest BCUT2D eigenvalue weighted by molar-refractivity contribution is -0.124. The number of nitriles is 1. The molecule has 4 aliphatic rings. The Kier molecular flexibility index (Phi) is 5.16. The van der Waals surface area contributed by atoms with Gasteiger partial charge in [-0.2, -0.15) is 5.26 Å². The number of amides is 2. The topological polar surface area (TPSA) is 76.9 Å². The second-order valence-electron chi connectivity index (χ2n) is 10.0. The van der Waals surface area contributed by atoms with E-state index in [0.29, 0.717) is 17.8 Å². The van der Waals surface area contributed by atoms with Gasteiger partial charge in [0.1, 0.15) is 0 Å². The van der Waals surface area contributed by atoms with Gasteiger partial charge in [-0.3, -0.25) is 14.5 Å². The molecule has 1 aliphatic carbocycles. The number of hydrogen-bond acceptors (Lipinski definition) is 5. The van der Waals surface area contributed by atoms with Crippen LogP contribution >= 0.6 is 0 Å². The number of hydrogen-bond donors (Lipinski definition) is 0. The molecule has 2 saturated heterocycles. The van der Waals surface area contributed by atoms with E-state index >= 15 is 0 Å². The Morgan fingerprint density at radius 2 is 1.97 bits per heavy atom. The van der Waals surface area contributed by atoms with E-state index in [2.05, 4.69) is 29.2 Å². The largest absolute Gasteiger partial charge is 0.379 e. The number of carbonyl (C=O) groups is 2. The first-order valence-corrected chi connectivity index (χ1v) is 12.1. The highest BCUT2D eigenvalue weighted by atomic mass is 16.5. The first-order valence-electron chi connectivity index (χ1n) is 12.1. The molecule has 0 unspecified atom stereocenters. The molecular formula is C27H28N4O3. The smallest absolute Gasteiger partial charge is 0.232 e. The maximum Gasteiger partial charge on any atom is 0.232 e. The fraction of sp³-hybridized carbons (Fsp3) is 0.444. The molecule has 2 amide bonds. The van der Waals surface area contributed by atoms with E-state index in [1.165, 1.54) is 11.1 Å². The maximum atomic E-state index is 13.6. The number of benzene rings is 2. The summed E-state index contributed by atoms with van der Waals surface area (Å²) in [6.07, 6.45) is 2.44. The van der Waals surface area contributed by atoms with Crippen molar-refractivity contribution in [2.45, 2.75) is 31.2 Å². The Labute approximate surface area is 199 Å². The first-order chi connectivity index (χ1) is 16.6. The van der Waals surface area contributed by atoms with Gasteiger partial charge in [-0.1, -0.05) is 18.2 Å². The average Bonchev–Trinajstić information content (AvgIpc) is 3.45. The molecule has 3 aliphatic heterocycles. The number of carbonyl (C=O) groups excluding carboxylic acids is 2. The lowest BCUT2D eigenvalue weighted by atomic mass is 9.96. The van der Waals surface area contributed by atoms with Crippen LogP contribution in [-0.4, -0.2) is 56.1 Å². The molecule has 6 rings (SSSR count). The van der Waals surface area contributed by atoms with Gasteiger partial charge in [0.15, 0.2) is 0 Å². The first kappa shape index (κ1) is 21.3. The number of fused-ring (bicyclic) bond motifs is 2. The molecule has 2 aromatic carbocycles. The molecule has 1 atom stereocenters. The van der Waals surface area contributed by atoms with Crippen LogP contribution in [0.5, 0.6) is 0 Å². The molecule has 3 fully saturated rings. The molecule has 0 N–H and O–H groups in total. The molecule has 0 radical (unpaired) electrons. The monoisotopic (exact) mass is 456 g/mol. The Hall–Kier alpha value is -3.21. The van der Waals surface area contributed by atoms with Crippen LogP contribution in [0.25, 0.3) is 0 Å². The minimum absolute atomic E-state index is 0.0400. The second-order valence-corrected chi connectivity index (χ2v) is 10.0. The van der Waals surface area contributed by atoms with Crippen molar-refractivity contribution < 1.29 is 14.3 Å². The third kappa shape index (κ3) is 3.67. The number of rotatable bonds is 4. The lowest BCUT2D eigenvalue weighted by Gasteiger charge is -2.27. The molecule has 0 aromatic heterocycles. The van der Waals surface area contributed by atoms with Gasteiger partial charge < -0.3 is 14.5 Å². The van der Waals surface area contributed by atoms with E-state index in [-0.39, 0.29) is 29.6 Å². The Balaban J connectivity index is 1.21. The van der Waals surface area contributed by atoms with Gasteiger partial charge in [0, 0.05) is 55.9 Å². The third-order valence-corrected chi connectivity index (χ3v) is 7.77. The van der Waals surface area contributed by atoms with E-state index in [4.69, 9.17) is 4.74 Å². The summed E-state index contributed by atoms with van der Waals surface area (Å²) in [6, 6.07) is 15.7. The van der Waals surface area contributed by atoms with Crippen LogP contribution in [0.3, 0.4) is 0 Å². The Morgan fingerprint density at radius 1 is 1.15 bits per heavy atom. The highest BCUT2D eigenvalue weighted by molar-refractivity contribution is 6.05. The minimum atomic E-state index is -0.368. The molecule has 34 heavy (non-hydrogen) atoms. The number of morpholine rings is 1. The normalized spacial score (nSPS) is 23.3. The summed E-state index contributed by atoms with van der Waals surface area (Å²) in [5.74, 6) is -0.388. The molecule has 7 heteroatoms. The summed E-state index contributed by atoms with van der Waals surface area (Å²) in [4.78, 5) is 32.4. The van der Waals surface area contributed by atoms with Crippen LogP contribution in [0.15, 0.2) is 42.5 Å². The fourth-order valence-electron chi connectivity index (χ4n) is 5.69. The van der Waals surface area contributed by atoms with Gasteiger partial charge in [0.2, 0.25) is 11.8 Å². The molecular weight excluding hydrogens is 428 g/mol. The Morgan fingerprint density at radius 3 is 2.74 bits per heavy atom. The van der Waals surface area contributed by atoms with Crippen LogP contribution in [0.2, 0.25) is 0 Å². The fourth-order valence-corrected chi connectivity index (χ4v) is 5.69. The van der Waals surface area contributed by atoms with Crippen LogP contribution in [0.4, 0.5) is 11.4 Å². The minimum Gasteiger partial charge on any atom is -0.379 e. The van der Waals surface area contributed by atoms with Gasteiger partial charge in [-0.15, -0.1) is 0 Å². The van der Waals surface area contributed by atoms with Gasteiger partial charge in [0.05, 0.1) is 30.8 Å². The third-order valence-electron chi connectivity index (χ3n) is 7.77. The van der Waals surface area contributed by atoms with Crippen LogP contribution in [-0.2, 0) is 26.3 Å². The van der Waals surface area contributed by atoms with Crippen molar-refractivity contribution in [3.8, 4) is 6.07 Å². The van der Waals surface area contributed by atoms with Crippen LogP contribution < -0.4 is 9.80 Å². The summed E-state index contributed by atoms with van der Waals surface area (Å²) in [7, 11) is 0. The number of ether oxygens (including phenoxy) is 1.